The number of aromatic nitrogens is 1. The minimum absolute atomic E-state index is 0.163. The number of aliphatic hydroxyl groups is 1. The predicted octanol–water partition coefficient (Wildman–Crippen LogP) is 1.99. The Bertz CT molecular complexity index is 351. The third-order valence-electron chi connectivity index (χ3n) is 3.17. The molecule has 1 aromatic heterocycles. The molecule has 3 nitrogen and oxygen atoms in total. The van der Waals surface area contributed by atoms with Crippen molar-refractivity contribution in [3.8, 4) is 0 Å². The Labute approximate surface area is 90.3 Å². The van der Waals surface area contributed by atoms with Crippen LogP contribution in [0, 0.1) is 6.92 Å². The summed E-state index contributed by atoms with van der Waals surface area (Å²) < 4.78 is 0. The van der Waals surface area contributed by atoms with Crippen LogP contribution in [-0.2, 0) is 0 Å². The van der Waals surface area contributed by atoms with Gasteiger partial charge >= 0.3 is 0 Å². The third kappa shape index (κ3) is 2.29. The molecule has 3 heteroatoms. The molecule has 1 heterocycles. The molecule has 0 saturated heterocycles. The maximum absolute atomic E-state index is 9.64. The van der Waals surface area contributed by atoms with Gasteiger partial charge in [-0.3, -0.25) is 0 Å². The molecule has 0 spiro atoms. The Balaban J connectivity index is 2.24. The van der Waals surface area contributed by atoms with Crippen LogP contribution >= 0.6 is 0 Å². The Morgan fingerprint density at radius 2 is 2.27 bits per heavy atom. The van der Waals surface area contributed by atoms with Crippen molar-refractivity contribution in [2.75, 3.05) is 5.73 Å². The van der Waals surface area contributed by atoms with Gasteiger partial charge in [-0.15, -0.1) is 0 Å². The minimum Gasteiger partial charge on any atom is -0.393 e. The van der Waals surface area contributed by atoms with E-state index in [0.717, 1.165) is 36.8 Å². The quantitative estimate of drug-likeness (QED) is 0.738. The predicted molar refractivity (Wildman–Crippen MR) is 60.6 cm³/mol. The van der Waals surface area contributed by atoms with Crippen molar-refractivity contribution in [1.82, 2.24) is 4.98 Å². The molecular formula is C12H18N2O. The van der Waals surface area contributed by atoms with Gasteiger partial charge in [-0.1, -0.05) is 12.5 Å². The molecule has 0 bridgehead atoms. The molecule has 2 rings (SSSR count). The first kappa shape index (κ1) is 10.4. The number of hydrogen-bond donors (Lipinski definition) is 2. The van der Waals surface area contributed by atoms with E-state index < -0.39 is 0 Å². The van der Waals surface area contributed by atoms with E-state index in [2.05, 4.69) is 11.1 Å². The van der Waals surface area contributed by atoms with Crippen molar-refractivity contribution >= 4 is 5.82 Å². The van der Waals surface area contributed by atoms with Crippen molar-refractivity contribution in [3.63, 3.8) is 0 Å². The highest BCUT2D eigenvalue weighted by molar-refractivity contribution is 5.43. The largest absolute Gasteiger partial charge is 0.393 e. The molecule has 1 aliphatic rings. The molecule has 1 fully saturated rings. The number of nitrogens with two attached hydrogens (primary N) is 1. The average molecular weight is 206 g/mol. The summed E-state index contributed by atoms with van der Waals surface area (Å²) in [6, 6.07) is 2.10. The van der Waals surface area contributed by atoms with Crippen molar-refractivity contribution in [2.45, 2.75) is 44.6 Å². The zero-order valence-electron chi connectivity index (χ0n) is 9.11. The molecule has 82 valence electrons. The number of rotatable bonds is 1. The SMILES string of the molecule is Cc1cnc(N)c(C2CCCC(O)C2)c1. The normalized spacial score (nSPS) is 26.5. The van der Waals surface area contributed by atoms with Crippen LogP contribution in [0.5, 0.6) is 0 Å². The van der Waals surface area contributed by atoms with Crippen LogP contribution < -0.4 is 5.73 Å². The summed E-state index contributed by atoms with van der Waals surface area (Å²) in [6.07, 6.45) is 5.58. The molecule has 0 amide bonds. The standard InChI is InChI=1S/C12H18N2O/c1-8-5-11(12(13)14-7-8)9-3-2-4-10(15)6-9/h5,7,9-10,15H,2-4,6H2,1H3,(H2,13,14). The number of nitrogens with zero attached hydrogens (tertiary/aromatic N) is 1. The van der Waals surface area contributed by atoms with Gasteiger partial charge in [0, 0.05) is 6.20 Å². The lowest BCUT2D eigenvalue weighted by atomic mass is 9.82. The van der Waals surface area contributed by atoms with Crippen molar-refractivity contribution in [1.29, 1.82) is 0 Å². The first-order chi connectivity index (χ1) is 7.16. The molecule has 2 atom stereocenters. The van der Waals surface area contributed by atoms with E-state index in [9.17, 15) is 5.11 Å². The van der Waals surface area contributed by atoms with Gasteiger partial charge in [0.1, 0.15) is 5.82 Å². The molecule has 15 heavy (non-hydrogen) atoms. The molecule has 0 aliphatic heterocycles. The van der Waals surface area contributed by atoms with E-state index in [-0.39, 0.29) is 6.10 Å². The van der Waals surface area contributed by atoms with Crippen LogP contribution in [0.25, 0.3) is 0 Å². The topological polar surface area (TPSA) is 59.1 Å². The second-order valence-electron chi connectivity index (χ2n) is 4.50. The number of anilines is 1. The molecule has 1 saturated carbocycles. The number of nitrogen functional groups attached to an aromatic ring is 1. The lowest BCUT2D eigenvalue weighted by Crippen LogP contribution is -2.19. The highest BCUT2D eigenvalue weighted by Gasteiger charge is 2.23. The van der Waals surface area contributed by atoms with Crippen molar-refractivity contribution in [2.24, 2.45) is 0 Å². The van der Waals surface area contributed by atoms with E-state index in [1.54, 1.807) is 6.20 Å². The lowest BCUT2D eigenvalue weighted by Gasteiger charge is -2.26. The Hall–Kier alpha value is -1.09. The fraction of sp³-hybridized carbons (Fsp3) is 0.583. The molecule has 1 aromatic rings. The molecule has 3 N–H and O–H groups in total. The highest BCUT2D eigenvalue weighted by atomic mass is 16.3. The number of aryl methyl sites for hydroxylation is 1. The summed E-state index contributed by atoms with van der Waals surface area (Å²) >= 11 is 0. The summed E-state index contributed by atoms with van der Waals surface area (Å²) in [7, 11) is 0. The Kier molecular flexibility index (Phi) is 2.91. The molecule has 0 aromatic carbocycles. The van der Waals surface area contributed by atoms with Crippen LogP contribution in [-0.4, -0.2) is 16.2 Å². The third-order valence-corrected chi connectivity index (χ3v) is 3.17. The van der Waals surface area contributed by atoms with Gasteiger partial charge in [-0.25, -0.2) is 4.98 Å². The summed E-state index contributed by atoms with van der Waals surface area (Å²) in [5, 5.41) is 9.64. The second kappa shape index (κ2) is 4.19. The maximum Gasteiger partial charge on any atom is 0.126 e. The van der Waals surface area contributed by atoms with E-state index in [1.807, 2.05) is 6.92 Å². The smallest absolute Gasteiger partial charge is 0.126 e. The fourth-order valence-corrected chi connectivity index (χ4v) is 2.38. The van der Waals surface area contributed by atoms with Crippen LogP contribution in [0.2, 0.25) is 0 Å². The van der Waals surface area contributed by atoms with Gasteiger partial charge in [0.15, 0.2) is 0 Å². The van der Waals surface area contributed by atoms with Gasteiger partial charge in [0.2, 0.25) is 0 Å². The van der Waals surface area contributed by atoms with E-state index in [4.69, 9.17) is 5.73 Å². The minimum atomic E-state index is -0.163. The van der Waals surface area contributed by atoms with Crippen LogP contribution in [0.4, 0.5) is 5.82 Å². The Morgan fingerprint density at radius 3 is 3.00 bits per heavy atom. The van der Waals surface area contributed by atoms with Gasteiger partial charge < -0.3 is 10.8 Å². The van der Waals surface area contributed by atoms with Crippen molar-refractivity contribution in [3.05, 3.63) is 23.4 Å². The fourth-order valence-electron chi connectivity index (χ4n) is 2.38. The Morgan fingerprint density at radius 1 is 1.47 bits per heavy atom. The maximum atomic E-state index is 9.64. The molecule has 1 aliphatic carbocycles. The lowest BCUT2D eigenvalue weighted by molar-refractivity contribution is 0.119. The summed E-state index contributed by atoms with van der Waals surface area (Å²) in [5.41, 5.74) is 8.13. The second-order valence-corrected chi connectivity index (χ2v) is 4.50. The molecule has 2 unspecified atom stereocenters. The molecular weight excluding hydrogens is 188 g/mol. The zero-order chi connectivity index (χ0) is 10.8. The summed E-state index contributed by atoms with van der Waals surface area (Å²) in [6.45, 7) is 2.02. The number of pyridine rings is 1. The average Bonchev–Trinajstić information content (AvgIpc) is 2.22. The van der Waals surface area contributed by atoms with Gasteiger partial charge in [-0.2, -0.15) is 0 Å². The zero-order valence-corrected chi connectivity index (χ0v) is 9.11. The van der Waals surface area contributed by atoms with Crippen molar-refractivity contribution < 1.29 is 5.11 Å². The highest BCUT2D eigenvalue weighted by Crippen LogP contribution is 2.35. The summed E-state index contributed by atoms with van der Waals surface area (Å²) in [4.78, 5) is 4.18. The summed E-state index contributed by atoms with van der Waals surface area (Å²) in [5.74, 6) is 1.01. The van der Waals surface area contributed by atoms with Gasteiger partial charge in [0.05, 0.1) is 6.10 Å². The first-order valence-corrected chi connectivity index (χ1v) is 5.57. The number of aliphatic hydroxyl groups excluding tert-OH is 1. The monoisotopic (exact) mass is 206 g/mol. The van der Waals surface area contributed by atoms with E-state index in [1.165, 1.54) is 0 Å². The van der Waals surface area contributed by atoms with Crippen LogP contribution in [0.3, 0.4) is 0 Å². The van der Waals surface area contributed by atoms with Crippen LogP contribution in [0.1, 0.15) is 42.7 Å². The molecule has 0 radical (unpaired) electrons. The first-order valence-electron chi connectivity index (χ1n) is 5.57. The van der Waals surface area contributed by atoms with E-state index >= 15 is 0 Å². The number of hydrogen-bond acceptors (Lipinski definition) is 3. The van der Waals surface area contributed by atoms with Gasteiger partial charge in [0.25, 0.3) is 0 Å². The van der Waals surface area contributed by atoms with Crippen LogP contribution in [0.15, 0.2) is 12.3 Å². The van der Waals surface area contributed by atoms with Gasteiger partial charge in [-0.05, 0) is 43.2 Å². The van der Waals surface area contributed by atoms with E-state index in [0.29, 0.717) is 11.7 Å².